The van der Waals surface area contributed by atoms with E-state index in [0.29, 0.717) is 0 Å². The largest absolute Gasteiger partial charge is 0.417 e. The first kappa shape index (κ1) is 17.6. The molecule has 1 amide bonds. The van der Waals surface area contributed by atoms with Gasteiger partial charge in [-0.2, -0.15) is 13.2 Å². The van der Waals surface area contributed by atoms with E-state index in [0.717, 1.165) is 20.9 Å². The van der Waals surface area contributed by atoms with Crippen LogP contribution in [0.2, 0.25) is 0 Å². The smallest absolute Gasteiger partial charge is 0.345 e. The summed E-state index contributed by atoms with van der Waals surface area (Å²) >= 11 is 4.79. The number of hydrogen-bond donors (Lipinski definition) is 1. The molecule has 5 nitrogen and oxygen atoms in total. The van der Waals surface area contributed by atoms with Gasteiger partial charge in [-0.3, -0.25) is 9.20 Å². The van der Waals surface area contributed by atoms with Crippen LogP contribution in [0.3, 0.4) is 0 Å². The van der Waals surface area contributed by atoms with Gasteiger partial charge in [-0.05, 0) is 46.3 Å². The van der Waals surface area contributed by atoms with Gasteiger partial charge in [-0.25, -0.2) is 0 Å². The molecule has 1 N–H and O–H groups in total. The van der Waals surface area contributed by atoms with Crippen molar-refractivity contribution in [1.82, 2.24) is 19.9 Å². The summed E-state index contributed by atoms with van der Waals surface area (Å²) in [4.78, 5) is 12.7. The highest BCUT2D eigenvalue weighted by molar-refractivity contribution is 9.11. The van der Waals surface area contributed by atoms with Gasteiger partial charge in [0.25, 0.3) is 0 Å². The second kappa shape index (κ2) is 6.96. The molecule has 0 fully saturated rings. The molecule has 0 atom stereocenters. The molecule has 0 aliphatic heterocycles. The second-order valence-corrected chi connectivity index (χ2v) is 7.45. The Morgan fingerprint density at radius 3 is 2.76 bits per heavy atom. The number of amides is 1. The van der Waals surface area contributed by atoms with E-state index in [1.165, 1.54) is 27.9 Å². The number of hydrogen-bond acceptors (Lipinski definition) is 4. The number of nitrogens with zero attached hydrogens (tertiary/aromatic N) is 3. The van der Waals surface area contributed by atoms with Gasteiger partial charge < -0.3 is 5.32 Å². The molecule has 0 aliphatic carbocycles. The van der Waals surface area contributed by atoms with Crippen LogP contribution >= 0.6 is 27.3 Å². The zero-order valence-electron chi connectivity index (χ0n) is 12.4. The van der Waals surface area contributed by atoms with Crippen molar-refractivity contribution in [2.75, 3.05) is 0 Å². The quantitative estimate of drug-likeness (QED) is 0.638. The molecule has 0 bridgehead atoms. The molecule has 3 rings (SSSR count). The van der Waals surface area contributed by atoms with E-state index in [-0.39, 0.29) is 23.9 Å². The highest BCUT2D eigenvalue weighted by Crippen LogP contribution is 2.29. The van der Waals surface area contributed by atoms with Gasteiger partial charge in [0.2, 0.25) is 5.91 Å². The first-order chi connectivity index (χ1) is 11.8. The molecule has 0 saturated heterocycles. The topological polar surface area (TPSA) is 59.3 Å². The monoisotopic (exact) mass is 430 g/mol. The van der Waals surface area contributed by atoms with Crippen molar-refractivity contribution >= 4 is 44.9 Å². The van der Waals surface area contributed by atoms with Crippen molar-refractivity contribution in [3.05, 3.63) is 56.6 Å². The summed E-state index contributed by atoms with van der Waals surface area (Å²) in [7, 11) is 0. The van der Waals surface area contributed by atoms with E-state index in [4.69, 9.17) is 0 Å². The van der Waals surface area contributed by atoms with Crippen LogP contribution < -0.4 is 5.32 Å². The first-order valence-electron chi connectivity index (χ1n) is 6.95. The van der Waals surface area contributed by atoms with Crippen molar-refractivity contribution < 1.29 is 18.0 Å². The van der Waals surface area contributed by atoms with Gasteiger partial charge in [0.1, 0.15) is 0 Å². The summed E-state index contributed by atoms with van der Waals surface area (Å²) in [5.74, 6) is -0.171. The lowest BCUT2D eigenvalue weighted by molar-refractivity contribution is -0.137. The van der Waals surface area contributed by atoms with Gasteiger partial charge in [0, 0.05) is 17.2 Å². The fraction of sp³-hybridized carbons (Fsp3) is 0.133. The number of aromatic nitrogens is 3. The third kappa shape index (κ3) is 4.26. The lowest BCUT2D eigenvalue weighted by atomic mass is 10.3. The molecular weight excluding hydrogens is 421 g/mol. The molecular formula is C15H10BrF3N4OS. The number of pyridine rings is 1. The molecule has 3 heterocycles. The molecule has 0 radical (unpaired) electrons. The first-order valence-corrected chi connectivity index (χ1v) is 8.56. The Morgan fingerprint density at radius 1 is 1.28 bits per heavy atom. The van der Waals surface area contributed by atoms with Crippen LogP contribution in [0.4, 0.5) is 13.2 Å². The molecule has 10 heteroatoms. The van der Waals surface area contributed by atoms with E-state index in [1.54, 1.807) is 6.08 Å². The molecule has 25 heavy (non-hydrogen) atoms. The third-order valence-corrected chi connectivity index (χ3v) is 4.80. The minimum atomic E-state index is -4.46. The molecule has 0 spiro atoms. The average Bonchev–Trinajstić information content (AvgIpc) is 3.15. The zero-order chi connectivity index (χ0) is 18.0. The van der Waals surface area contributed by atoms with E-state index in [9.17, 15) is 18.0 Å². The van der Waals surface area contributed by atoms with Crippen LogP contribution in [-0.2, 0) is 17.5 Å². The molecule has 0 unspecified atom stereocenters. The predicted molar refractivity (Wildman–Crippen MR) is 90.9 cm³/mol. The van der Waals surface area contributed by atoms with Gasteiger partial charge in [0.15, 0.2) is 11.5 Å². The van der Waals surface area contributed by atoms with Crippen LogP contribution in [0.25, 0.3) is 11.7 Å². The minimum absolute atomic E-state index is 0.0419. The summed E-state index contributed by atoms with van der Waals surface area (Å²) in [5, 5.41) is 10.2. The minimum Gasteiger partial charge on any atom is -0.345 e. The van der Waals surface area contributed by atoms with Crippen molar-refractivity contribution in [2.45, 2.75) is 12.7 Å². The Bertz CT molecular complexity index is 948. The number of alkyl halides is 3. The predicted octanol–water partition coefficient (Wildman–Crippen LogP) is 3.90. The molecule has 3 aromatic rings. The highest BCUT2D eigenvalue weighted by Gasteiger charge is 2.31. The average molecular weight is 431 g/mol. The van der Waals surface area contributed by atoms with Gasteiger partial charge in [-0.15, -0.1) is 21.5 Å². The number of carbonyl (C=O) groups is 1. The normalized spacial score (nSPS) is 12.2. The zero-order valence-corrected chi connectivity index (χ0v) is 14.8. The van der Waals surface area contributed by atoms with E-state index in [1.807, 2.05) is 12.1 Å². The summed E-state index contributed by atoms with van der Waals surface area (Å²) in [6.45, 7) is -0.0419. The molecule has 0 aliphatic rings. The number of thiophene rings is 1. The summed E-state index contributed by atoms with van der Waals surface area (Å²) in [5.41, 5.74) is -0.535. The van der Waals surface area contributed by atoms with Crippen LogP contribution in [0.1, 0.15) is 16.3 Å². The fourth-order valence-electron chi connectivity index (χ4n) is 2.03. The van der Waals surface area contributed by atoms with Crippen molar-refractivity contribution in [1.29, 1.82) is 0 Å². The standard InChI is InChI=1S/C15H10BrF3N4OS/c16-11-4-2-10(25-11)3-6-14(24)20-7-13-22-21-12-5-1-9(8-23(12)13)15(17,18)19/h1-6,8H,7H2,(H,20,24)/b6-3+. The number of halogens is 4. The molecule has 3 aromatic heterocycles. The molecule has 0 saturated carbocycles. The molecule has 0 aromatic carbocycles. The summed E-state index contributed by atoms with van der Waals surface area (Å²) < 4.78 is 40.5. The van der Waals surface area contributed by atoms with Crippen molar-refractivity contribution in [3.63, 3.8) is 0 Å². The fourth-order valence-corrected chi connectivity index (χ4v) is 3.35. The highest BCUT2D eigenvalue weighted by atomic mass is 79.9. The Hall–Kier alpha value is -2.20. The lowest BCUT2D eigenvalue weighted by Gasteiger charge is -2.07. The van der Waals surface area contributed by atoms with Crippen LogP contribution in [0, 0.1) is 0 Å². The Labute approximate surface area is 152 Å². The summed E-state index contributed by atoms with van der Waals surface area (Å²) in [6.07, 6.45) is -0.552. The number of fused-ring (bicyclic) bond motifs is 1. The van der Waals surface area contributed by atoms with Gasteiger partial charge in [0.05, 0.1) is 15.9 Å². The van der Waals surface area contributed by atoms with Crippen LogP contribution in [0.15, 0.2) is 40.3 Å². The Balaban J connectivity index is 1.70. The SMILES string of the molecule is O=C(/C=C/c1ccc(Br)s1)NCc1nnc2ccc(C(F)(F)F)cn12. The maximum Gasteiger partial charge on any atom is 0.417 e. The Morgan fingerprint density at radius 2 is 2.08 bits per heavy atom. The lowest BCUT2D eigenvalue weighted by Crippen LogP contribution is -2.21. The van der Waals surface area contributed by atoms with Gasteiger partial charge in [-0.1, -0.05) is 0 Å². The number of rotatable bonds is 4. The van der Waals surface area contributed by atoms with E-state index in [2.05, 4.69) is 31.4 Å². The summed E-state index contributed by atoms with van der Waals surface area (Å²) in [6, 6.07) is 5.88. The second-order valence-electron chi connectivity index (χ2n) is 4.95. The number of carbonyl (C=O) groups excluding carboxylic acids is 1. The van der Waals surface area contributed by atoms with E-state index >= 15 is 0 Å². The van der Waals surface area contributed by atoms with E-state index < -0.39 is 11.7 Å². The maximum absolute atomic E-state index is 12.8. The van der Waals surface area contributed by atoms with Crippen molar-refractivity contribution in [3.8, 4) is 0 Å². The van der Waals surface area contributed by atoms with Crippen molar-refractivity contribution in [2.24, 2.45) is 0 Å². The molecule has 130 valence electrons. The Kier molecular flexibility index (Phi) is 4.91. The van der Waals surface area contributed by atoms with Crippen LogP contribution in [-0.4, -0.2) is 20.5 Å². The number of nitrogens with one attached hydrogen (secondary N) is 1. The van der Waals surface area contributed by atoms with Crippen LogP contribution in [0.5, 0.6) is 0 Å². The third-order valence-electron chi connectivity index (χ3n) is 3.21. The maximum atomic E-state index is 12.8. The van der Waals surface area contributed by atoms with Gasteiger partial charge >= 0.3 is 6.18 Å².